The van der Waals surface area contributed by atoms with Crippen LogP contribution in [0.1, 0.15) is 36.0 Å². The zero-order chi connectivity index (χ0) is 18.8. The van der Waals surface area contributed by atoms with E-state index in [4.69, 9.17) is 4.42 Å². The molecule has 0 atom stereocenters. The maximum absolute atomic E-state index is 12.0. The topological polar surface area (TPSA) is 45.5 Å². The largest absolute Gasteiger partial charge is 0.423 e. The molecule has 1 aliphatic rings. The number of nitrogens with one attached hydrogen (secondary N) is 1. The predicted octanol–water partition coefficient (Wildman–Crippen LogP) is 5.01. The summed E-state index contributed by atoms with van der Waals surface area (Å²) in [6.45, 7) is 6.93. The summed E-state index contributed by atoms with van der Waals surface area (Å²) in [5, 5.41) is 4.56. The van der Waals surface area contributed by atoms with Gasteiger partial charge in [0.1, 0.15) is 5.58 Å². The second kappa shape index (κ2) is 7.47. The van der Waals surface area contributed by atoms with Crippen molar-refractivity contribution in [1.82, 2.24) is 0 Å². The molecule has 0 radical (unpaired) electrons. The second-order valence-electron chi connectivity index (χ2n) is 7.44. The van der Waals surface area contributed by atoms with Crippen molar-refractivity contribution in [2.24, 2.45) is 0 Å². The van der Waals surface area contributed by atoms with Crippen LogP contribution in [0.2, 0.25) is 0 Å². The van der Waals surface area contributed by atoms with E-state index in [-0.39, 0.29) is 5.63 Å². The fourth-order valence-electron chi connectivity index (χ4n) is 3.85. The van der Waals surface area contributed by atoms with Crippen molar-refractivity contribution >= 4 is 22.3 Å². The highest BCUT2D eigenvalue weighted by Gasteiger charge is 2.14. The molecule has 0 aliphatic carbocycles. The van der Waals surface area contributed by atoms with Gasteiger partial charge in [-0.3, -0.25) is 0 Å². The number of para-hydroxylation sites is 2. The van der Waals surface area contributed by atoms with E-state index >= 15 is 0 Å². The molecule has 1 fully saturated rings. The van der Waals surface area contributed by atoms with Crippen molar-refractivity contribution in [2.75, 3.05) is 23.3 Å². The van der Waals surface area contributed by atoms with Crippen LogP contribution in [0.4, 0.5) is 11.4 Å². The molecule has 2 heterocycles. The highest BCUT2D eigenvalue weighted by atomic mass is 16.4. The molecule has 0 saturated carbocycles. The highest BCUT2D eigenvalue weighted by molar-refractivity contribution is 5.82. The molecule has 1 saturated heterocycles. The van der Waals surface area contributed by atoms with Gasteiger partial charge >= 0.3 is 5.63 Å². The average molecular weight is 362 g/mol. The summed E-state index contributed by atoms with van der Waals surface area (Å²) in [7, 11) is 0. The Morgan fingerprint density at radius 1 is 1.00 bits per heavy atom. The quantitative estimate of drug-likeness (QED) is 0.663. The number of hydrogen-bond acceptors (Lipinski definition) is 4. The first kappa shape index (κ1) is 17.7. The third-order valence-corrected chi connectivity index (χ3v) is 5.51. The van der Waals surface area contributed by atoms with Crippen molar-refractivity contribution in [1.29, 1.82) is 0 Å². The minimum absolute atomic E-state index is 0.299. The monoisotopic (exact) mass is 362 g/mol. The van der Waals surface area contributed by atoms with Crippen molar-refractivity contribution in [3.8, 4) is 0 Å². The van der Waals surface area contributed by atoms with E-state index < -0.39 is 0 Å². The highest BCUT2D eigenvalue weighted by Crippen LogP contribution is 2.29. The first-order chi connectivity index (χ1) is 13.1. The van der Waals surface area contributed by atoms with Crippen LogP contribution in [-0.4, -0.2) is 13.1 Å². The third kappa shape index (κ3) is 3.70. The number of benzene rings is 2. The molecular weight excluding hydrogens is 336 g/mol. The lowest BCUT2D eigenvalue weighted by atomic mass is 10.0. The zero-order valence-electron chi connectivity index (χ0n) is 16.0. The van der Waals surface area contributed by atoms with Gasteiger partial charge in [-0.15, -0.1) is 0 Å². The summed E-state index contributed by atoms with van der Waals surface area (Å²) >= 11 is 0. The zero-order valence-corrected chi connectivity index (χ0v) is 16.0. The molecule has 4 rings (SSSR count). The van der Waals surface area contributed by atoms with Gasteiger partial charge in [0.2, 0.25) is 0 Å². The van der Waals surface area contributed by atoms with Crippen LogP contribution in [0.25, 0.3) is 11.0 Å². The van der Waals surface area contributed by atoms with Crippen molar-refractivity contribution < 1.29 is 4.42 Å². The number of nitrogens with zero attached hydrogens (tertiary/aromatic N) is 1. The van der Waals surface area contributed by atoms with Gasteiger partial charge in [-0.1, -0.05) is 12.1 Å². The molecule has 0 unspecified atom stereocenters. The van der Waals surface area contributed by atoms with Crippen molar-refractivity contribution in [3.63, 3.8) is 0 Å². The van der Waals surface area contributed by atoms with Gasteiger partial charge < -0.3 is 14.6 Å². The molecule has 0 amide bonds. The Morgan fingerprint density at radius 3 is 2.56 bits per heavy atom. The number of fused-ring (bicyclic) bond motifs is 1. The molecule has 3 aromatic rings. The van der Waals surface area contributed by atoms with E-state index in [0.717, 1.165) is 35.3 Å². The Morgan fingerprint density at radius 2 is 1.74 bits per heavy atom. The lowest BCUT2D eigenvalue weighted by Crippen LogP contribution is -2.30. The lowest BCUT2D eigenvalue weighted by Gasteiger charge is -2.30. The Hall–Kier alpha value is -2.75. The number of hydrogen-bond donors (Lipinski definition) is 1. The summed E-state index contributed by atoms with van der Waals surface area (Å²) < 4.78 is 5.42. The molecule has 0 bridgehead atoms. The fraction of sp³-hybridized carbons (Fsp3) is 0.348. The van der Waals surface area contributed by atoms with Gasteiger partial charge in [0, 0.05) is 31.1 Å². The van der Waals surface area contributed by atoms with E-state index in [1.165, 1.54) is 30.5 Å². The Kier molecular flexibility index (Phi) is 4.88. The van der Waals surface area contributed by atoms with Crippen LogP contribution in [0, 0.1) is 13.8 Å². The summed E-state index contributed by atoms with van der Waals surface area (Å²) in [6, 6.07) is 14.1. The van der Waals surface area contributed by atoms with Crippen LogP contribution < -0.4 is 15.8 Å². The predicted molar refractivity (Wildman–Crippen MR) is 112 cm³/mol. The van der Waals surface area contributed by atoms with Crippen molar-refractivity contribution in [2.45, 2.75) is 39.7 Å². The van der Waals surface area contributed by atoms with E-state index in [0.29, 0.717) is 12.1 Å². The van der Waals surface area contributed by atoms with Gasteiger partial charge in [-0.2, -0.15) is 0 Å². The van der Waals surface area contributed by atoms with E-state index in [9.17, 15) is 4.79 Å². The number of anilines is 2. The molecule has 140 valence electrons. The Labute approximate surface area is 159 Å². The number of aryl methyl sites for hydroxylation is 2. The summed E-state index contributed by atoms with van der Waals surface area (Å²) in [6.07, 6.45) is 3.81. The SMILES string of the molecule is Cc1cc2oc(=O)cc(CNc3ccccc3N3CCCCC3)c2cc1C. The van der Waals surface area contributed by atoms with Gasteiger partial charge in [-0.25, -0.2) is 4.79 Å². The fourth-order valence-corrected chi connectivity index (χ4v) is 3.85. The van der Waals surface area contributed by atoms with Crippen LogP contribution in [0.3, 0.4) is 0 Å². The number of rotatable bonds is 4. The summed E-state index contributed by atoms with van der Waals surface area (Å²) in [5.41, 5.74) is 6.02. The smallest absolute Gasteiger partial charge is 0.336 e. The minimum atomic E-state index is -0.299. The molecule has 4 heteroatoms. The van der Waals surface area contributed by atoms with E-state index in [1.807, 2.05) is 13.0 Å². The van der Waals surface area contributed by atoms with Gasteiger partial charge in [-0.05, 0) is 74.1 Å². The molecule has 2 aromatic carbocycles. The van der Waals surface area contributed by atoms with Crippen LogP contribution in [0.15, 0.2) is 51.7 Å². The second-order valence-corrected chi connectivity index (χ2v) is 7.44. The molecule has 4 nitrogen and oxygen atoms in total. The lowest BCUT2D eigenvalue weighted by molar-refractivity contribution is 0.559. The minimum Gasteiger partial charge on any atom is -0.423 e. The molecule has 1 N–H and O–H groups in total. The molecular formula is C23H26N2O2. The van der Waals surface area contributed by atoms with Crippen molar-refractivity contribution in [3.05, 3.63) is 69.6 Å². The summed E-state index contributed by atoms with van der Waals surface area (Å²) in [4.78, 5) is 14.5. The average Bonchev–Trinajstić information content (AvgIpc) is 2.68. The first-order valence-corrected chi connectivity index (χ1v) is 9.73. The third-order valence-electron chi connectivity index (χ3n) is 5.51. The standard InChI is InChI=1S/C23H26N2O2/c1-16-12-19-18(14-23(26)27-22(19)13-17(16)2)15-24-20-8-4-5-9-21(20)25-10-6-3-7-11-25/h4-5,8-9,12-14,24H,3,6-7,10-11,15H2,1-2H3. The molecule has 0 spiro atoms. The first-order valence-electron chi connectivity index (χ1n) is 9.73. The van der Waals surface area contributed by atoms with Crippen LogP contribution in [-0.2, 0) is 6.54 Å². The maximum Gasteiger partial charge on any atom is 0.336 e. The van der Waals surface area contributed by atoms with E-state index in [1.54, 1.807) is 6.07 Å². The summed E-state index contributed by atoms with van der Waals surface area (Å²) in [5.74, 6) is 0. The molecule has 1 aromatic heterocycles. The van der Waals surface area contributed by atoms with Gasteiger partial charge in [0.15, 0.2) is 0 Å². The molecule has 27 heavy (non-hydrogen) atoms. The van der Waals surface area contributed by atoms with E-state index in [2.05, 4.69) is 47.5 Å². The number of piperidine rings is 1. The van der Waals surface area contributed by atoms with Gasteiger partial charge in [0.05, 0.1) is 11.4 Å². The Bertz CT molecular complexity index is 1020. The molecule has 1 aliphatic heterocycles. The van der Waals surface area contributed by atoms with Crippen LogP contribution >= 0.6 is 0 Å². The Balaban J connectivity index is 1.65. The normalized spacial score (nSPS) is 14.5. The van der Waals surface area contributed by atoms with Gasteiger partial charge in [0.25, 0.3) is 0 Å². The van der Waals surface area contributed by atoms with Crippen LogP contribution in [0.5, 0.6) is 0 Å². The maximum atomic E-state index is 12.0.